The first-order valence-electron chi connectivity index (χ1n) is 6.99. The lowest BCUT2D eigenvalue weighted by Crippen LogP contribution is -2.12. The fraction of sp³-hybridized carbons (Fsp3) is 0.176. The third-order valence-corrected chi connectivity index (χ3v) is 3.40. The van der Waals surface area contributed by atoms with Gasteiger partial charge in [0.15, 0.2) is 0 Å². The van der Waals surface area contributed by atoms with E-state index in [1.54, 1.807) is 6.20 Å². The van der Waals surface area contributed by atoms with E-state index in [-0.39, 0.29) is 5.91 Å². The largest absolute Gasteiger partial charge is 0.325 e. The van der Waals surface area contributed by atoms with Gasteiger partial charge in [0.25, 0.3) is 0 Å². The minimum absolute atomic E-state index is 0.0240. The highest BCUT2D eigenvalue weighted by atomic mass is 16.1. The molecule has 106 valence electrons. The van der Waals surface area contributed by atoms with Crippen molar-refractivity contribution >= 4 is 17.2 Å². The fourth-order valence-electron chi connectivity index (χ4n) is 2.34. The predicted octanol–water partition coefficient (Wildman–Crippen LogP) is 3.21. The van der Waals surface area contributed by atoms with E-state index in [9.17, 15) is 4.79 Å². The van der Waals surface area contributed by atoms with Crippen molar-refractivity contribution < 1.29 is 4.79 Å². The van der Waals surface area contributed by atoms with Gasteiger partial charge in [-0.2, -0.15) is 0 Å². The highest BCUT2D eigenvalue weighted by Crippen LogP contribution is 2.11. The molecule has 0 spiro atoms. The van der Waals surface area contributed by atoms with Crippen molar-refractivity contribution in [3.05, 3.63) is 66.1 Å². The molecule has 21 heavy (non-hydrogen) atoms. The Morgan fingerprint density at radius 1 is 1.29 bits per heavy atom. The predicted molar refractivity (Wildman–Crippen MR) is 83.3 cm³/mol. The van der Waals surface area contributed by atoms with Gasteiger partial charge in [0, 0.05) is 25.0 Å². The molecule has 3 rings (SSSR count). The van der Waals surface area contributed by atoms with Crippen LogP contribution < -0.4 is 5.32 Å². The van der Waals surface area contributed by atoms with E-state index in [1.807, 2.05) is 35.0 Å². The van der Waals surface area contributed by atoms with Crippen molar-refractivity contribution in [2.75, 3.05) is 5.32 Å². The van der Waals surface area contributed by atoms with Gasteiger partial charge < -0.3 is 9.72 Å². The number of nitrogens with one attached hydrogen (secondary N) is 1. The molecular formula is C17H17N3O. The summed E-state index contributed by atoms with van der Waals surface area (Å²) in [6.07, 6.45) is 6.69. The minimum atomic E-state index is 0.0240. The zero-order chi connectivity index (χ0) is 14.7. The molecule has 1 N–H and O–H groups in total. The lowest BCUT2D eigenvalue weighted by Gasteiger charge is -2.06. The van der Waals surface area contributed by atoms with Gasteiger partial charge in [-0.3, -0.25) is 4.79 Å². The number of carbonyl (C=O) groups is 1. The van der Waals surface area contributed by atoms with E-state index < -0.39 is 0 Å². The van der Waals surface area contributed by atoms with Gasteiger partial charge in [-0.1, -0.05) is 29.8 Å². The molecule has 0 atom stereocenters. The standard InChI is InChI=1S/C17H17N3O/c1-13-3-2-4-14(11-13)5-8-17(21)19-15-6-7-16-18-9-10-20(16)12-15/h2-4,6-7,9-12H,5,8H2,1H3,(H,19,21). The Morgan fingerprint density at radius 2 is 2.19 bits per heavy atom. The average Bonchev–Trinajstić information content (AvgIpc) is 2.93. The van der Waals surface area contributed by atoms with Crippen LogP contribution in [0.3, 0.4) is 0 Å². The molecule has 0 radical (unpaired) electrons. The van der Waals surface area contributed by atoms with Gasteiger partial charge in [-0.05, 0) is 31.0 Å². The first kappa shape index (κ1) is 13.4. The summed E-state index contributed by atoms with van der Waals surface area (Å²) in [5.41, 5.74) is 4.07. The Morgan fingerprint density at radius 3 is 3.05 bits per heavy atom. The Bertz CT molecular complexity index is 776. The van der Waals surface area contributed by atoms with E-state index in [1.165, 1.54) is 11.1 Å². The first-order valence-corrected chi connectivity index (χ1v) is 6.99. The summed E-state index contributed by atoms with van der Waals surface area (Å²) in [5.74, 6) is 0.0240. The van der Waals surface area contributed by atoms with Crippen LogP contribution in [0.4, 0.5) is 5.69 Å². The number of hydrogen-bond donors (Lipinski definition) is 1. The quantitative estimate of drug-likeness (QED) is 0.797. The third-order valence-electron chi connectivity index (χ3n) is 3.40. The van der Waals surface area contributed by atoms with Crippen molar-refractivity contribution in [1.29, 1.82) is 0 Å². The van der Waals surface area contributed by atoms with Crippen LogP contribution in [0.1, 0.15) is 17.5 Å². The molecule has 3 aromatic rings. The molecule has 0 saturated heterocycles. The van der Waals surface area contributed by atoms with Gasteiger partial charge in [0.05, 0.1) is 5.69 Å². The highest BCUT2D eigenvalue weighted by molar-refractivity contribution is 5.90. The lowest BCUT2D eigenvalue weighted by molar-refractivity contribution is -0.116. The molecule has 2 heterocycles. The van der Waals surface area contributed by atoms with Crippen molar-refractivity contribution in [2.45, 2.75) is 19.8 Å². The SMILES string of the molecule is Cc1cccc(CCC(=O)Nc2ccc3nccn3c2)c1. The molecule has 0 aliphatic rings. The number of rotatable bonds is 4. The molecule has 1 amide bonds. The number of nitrogens with zero attached hydrogens (tertiary/aromatic N) is 2. The Balaban J connectivity index is 1.60. The maximum atomic E-state index is 12.0. The number of fused-ring (bicyclic) bond motifs is 1. The molecule has 0 saturated carbocycles. The van der Waals surface area contributed by atoms with Crippen LogP contribution in [0.2, 0.25) is 0 Å². The number of hydrogen-bond acceptors (Lipinski definition) is 2. The molecule has 0 unspecified atom stereocenters. The van der Waals surface area contributed by atoms with E-state index in [0.29, 0.717) is 6.42 Å². The van der Waals surface area contributed by atoms with Gasteiger partial charge in [0.2, 0.25) is 5.91 Å². The second-order valence-corrected chi connectivity index (χ2v) is 5.15. The van der Waals surface area contributed by atoms with Gasteiger partial charge in [0.1, 0.15) is 5.65 Å². The number of imidazole rings is 1. The summed E-state index contributed by atoms with van der Waals surface area (Å²) in [7, 11) is 0. The maximum absolute atomic E-state index is 12.0. The van der Waals surface area contributed by atoms with Crippen molar-refractivity contribution in [3.8, 4) is 0 Å². The van der Waals surface area contributed by atoms with E-state index in [4.69, 9.17) is 0 Å². The van der Waals surface area contributed by atoms with Crippen LogP contribution in [0, 0.1) is 6.92 Å². The molecule has 0 bridgehead atoms. The molecule has 4 heteroatoms. The summed E-state index contributed by atoms with van der Waals surface area (Å²) in [5, 5.41) is 2.92. The second-order valence-electron chi connectivity index (χ2n) is 5.15. The summed E-state index contributed by atoms with van der Waals surface area (Å²) < 4.78 is 1.89. The van der Waals surface area contributed by atoms with E-state index in [2.05, 4.69) is 35.4 Å². The maximum Gasteiger partial charge on any atom is 0.224 e. The number of benzene rings is 1. The van der Waals surface area contributed by atoms with Gasteiger partial charge in [-0.15, -0.1) is 0 Å². The molecule has 2 aromatic heterocycles. The van der Waals surface area contributed by atoms with Gasteiger partial charge >= 0.3 is 0 Å². The molecule has 0 fully saturated rings. The number of anilines is 1. The fourth-order valence-corrected chi connectivity index (χ4v) is 2.34. The molecular weight excluding hydrogens is 262 g/mol. The van der Waals surface area contributed by atoms with Crippen LogP contribution in [0.25, 0.3) is 5.65 Å². The average molecular weight is 279 g/mol. The summed E-state index contributed by atoms with van der Waals surface area (Å²) >= 11 is 0. The minimum Gasteiger partial charge on any atom is -0.325 e. The van der Waals surface area contributed by atoms with Crippen LogP contribution in [-0.4, -0.2) is 15.3 Å². The normalized spacial score (nSPS) is 10.7. The second kappa shape index (κ2) is 5.79. The molecule has 0 aliphatic heterocycles. The summed E-state index contributed by atoms with van der Waals surface area (Å²) in [6, 6.07) is 12.0. The van der Waals surface area contributed by atoms with Gasteiger partial charge in [-0.25, -0.2) is 4.98 Å². The zero-order valence-corrected chi connectivity index (χ0v) is 11.9. The van der Waals surface area contributed by atoms with Crippen molar-refractivity contribution in [2.24, 2.45) is 0 Å². The Kier molecular flexibility index (Phi) is 3.69. The highest BCUT2D eigenvalue weighted by Gasteiger charge is 2.04. The summed E-state index contributed by atoms with van der Waals surface area (Å²) in [4.78, 5) is 16.2. The zero-order valence-electron chi connectivity index (χ0n) is 11.9. The number of carbonyl (C=O) groups excluding carboxylic acids is 1. The van der Waals surface area contributed by atoms with Crippen LogP contribution in [0.5, 0.6) is 0 Å². The lowest BCUT2D eigenvalue weighted by atomic mass is 10.1. The molecule has 4 nitrogen and oxygen atoms in total. The first-order chi connectivity index (χ1) is 10.2. The third kappa shape index (κ3) is 3.28. The number of aryl methyl sites for hydroxylation is 2. The van der Waals surface area contributed by atoms with Crippen molar-refractivity contribution in [3.63, 3.8) is 0 Å². The van der Waals surface area contributed by atoms with Crippen molar-refractivity contribution in [1.82, 2.24) is 9.38 Å². The van der Waals surface area contributed by atoms with Crippen LogP contribution >= 0.6 is 0 Å². The van der Waals surface area contributed by atoms with Crippen LogP contribution in [0.15, 0.2) is 55.0 Å². The van der Waals surface area contributed by atoms with E-state index in [0.717, 1.165) is 17.8 Å². The molecule has 1 aromatic carbocycles. The van der Waals surface area contributed by atoms with Crippen LogP contribution in [-0.2, 0) is 11.2 Å². The number of pyridine rings is 1. The number of aromatic nitrogens is 2. The Labute approximate surface area is 123 Å². The topological polar surface area (TPSA) is 46.4 Å². The smallest absolute Gasteiger partial charge is 0.224 e. The monoisotopic (exact) mass is 279 g/mol. The molecule has 0 aliphatic carbocycles. The summed E-state index contributed by atoms with van der Waals surface area (Å²) in [6.45, 7) is 2.06. The van der Waals surface area contributed by atoms with E-state index >= 15 is 0 Å². The number of amides is 1. The Hall–Kier alpha value is -2.62.